The zero-order valence-corrected chi connectivity index (χ0v) is 21.4. The molecule has 0 spiro atoms. The molecular formula is C26H34F3N5O4. The average molecular weight is 538 g/mol. The van der Waals surface area contributed by atoms with E-state index in [1.807, 2.05) is 11.0 Å². The van der Waals surface area contributed by atoms with Gasteiger partial charge in [0.1, 0.15) is 24.1 Å². The molecular weight excluding hydrogens is 503 g/mol. The van der Waals surface area contributed by atoms with Crippen LogP contribution >= 0.6 is 0 Å². The molecule has 1 aliphatic heterocycles. The highest BCUT2D eigenvalue weighted by atomic mass is 19.1. The number of ether oxygens (including phenoxy) is 1. The van der Waals surface area contributed by atoms with Crippen molar-refractivity contribution in [3.05, 3.63) is 53.0 Å². The lowest BCUT2D eigenvalue weighted by Crippen LogP contribution is -2.45. The predicted octanol–water partition coefficient (Wildman–Crippen LogP) is 3.00. The standard InChI is InChI=1S/C26H34F3N5O4/c1-38-19(13-27)16-34(11-3-2-6-18-8-7-17-5-4-10-31-24(17)32-18)12-9-22(26(36)37)33-25(35)23-20(28)14-30-15-21(23)29/h7-8,14-15,19,22H,2-6,9-13,16H2,1H3,(H,31,32)(H,33,35)(H,36,37)/t19-,22+/m1/s1. The molecule has 9 nitrogen and oxygen atoms in total. The smallest absolute Gasteiger partial charge is 0.326 e. The molecule has 208 valence electrons. The van der Waals surface area contributed by atoms with Gasteiger partial charge in [0.15, 0.2) is 11.6 Å². The van der Waals surface area contributed by atoms with E-state index in [2.05, 4.69) is 21.7 Å². The molecule has 1 aliphatic rings. The van der Waals surface area contributed by atoms with Crippen molar-refractivity contribution in [2.75, 3.05) is 45.3 Å². The van der Waals surface area contributed by atoms with Crippen LogP contribution in [0, 0.1) is 11.6 Å². The number of unbranched alkanes of at least 4 members (excludes halogenated alkanes) is 1. The molecule has 2 aromatic rings. The second kappa shape index (κ2) is 14.6. The molecule has 12 heteroatoms. The molecule has 1 amide bonds. The lowest BCUT2D eigenvalue weighted by atomic mass is 10.1. The Labute approximate surface area is 219 Å². The van der Waals surface area contributed by atoms with Gasteiger partial charge in [-0.05, 0) is 56.7 Å². The average Bonchev–Trinajstić information content (AvgIpc) is 2.91. The Morgan fingerprint density at radius 2 is 1.97 bits per heavy atom. The van der Waals surface area contributed by atoms with E-state index in [-0.39, 0.29) is 19.5 Å². The number of hydrogen-bond acceptors (Lipinski definition) is 7. The minimum absolute atomic E-state index is 0.0594. The summed E-state index contributed by atoms with van der Waals surface area (Å²) in [6.45, 7) is 1.16. The summed E-state index contributed by atoms with van der Waals surface area (Å²) >= 11 is 0. The minimum Gasteiger partial charge on any atom is -0.480 e. The number of anilines is 1. The molecule has 0 fully saturated rings. The zero-order valence-electron chi connectivity index (χ0n) is 21.4. The fraction of sp³-hybridized carbons (Fsp3) is 0.538. The van der Waals surface area contributed by atoms with Crippen LogP contribution < -0.4 is 10.6 Å². The van der Waals surface area contributed by atoms with Gasteiger partial charge >= 0.3 is 5.97 Å². The number of nitrogens with one attached hydrogen (secondary N) is 2. The van der Waals surface area contributed by atoms with E-state index >= 15 is 0 Å². The maximum absolute atomic E-state index is 13.9. The molecule has 3 N–H and O–H groups in total. The predicted molar refractivity (Wildman–Crippen MR) is 135 cm³/mol. The van der Waals surface area contributed by atoms with Gasteiger partial charge in [-0.1, -0.05) is 6.07 Å². The molecule has 0 saturated carbocycles. The third-order valence-electron chi connectivity index (χ3n) is 6.49. The Hall–Kier alpha value is -3.25. The largest absolute Gasteiger partial charge is 0.480 e. The molecule has 0 radical (unpaired) electrons. The van der Waals surface area contributed by atoms with Crippen molar-refractivity contribution in [1.82, 2.24) is 20.2 Å². The highest BCUT2D eigenvalue weighted by Crippen LogP contribution is 2.20. The van der Waals surface area contributed by atoms with Crippen molar-refractivity contribution in [3.63, 3.8) is 0 Å². The summed E-state index contributed by atoms with van der Waals surface area (Å²) < 4.78 is 46.3. The summed E-state index contributed by atoms with van der Waals surface area (Å²) in [5.41, 5.74) is 1.30. The van der Waals surface area contributed by atoms with Crippen LogP contribution in [0.15, 0.2) is 24.5 Å². The van der Waals surface area contributed by atoms with Crippen LogP contribution in [0.1, 0.15) is 47.3 Å². The third-order valence-corrected chi connectivity index (χ3v) is 6.49. The van der Waals surface area contributed by atoms with Gasteiger partial charge in [-0.3, -0.25) is 9.78 Å². The van der Waals surface area contributed by atoms with Crippen molar-refractivity contribution in [1.29, 1.82) is 0 Å². The molecule has 38 heavy (non-hydrogen) atoms. The number of pyridine rings is 2. The number of alkyl halides is 1. The number of carboxylic acid groups (broad SMARTS) is 1. The van der Waals surface area contributed by atoms with Crippen LogP contribution in [0.25, 0.3) is 0 Å². The fourth-order valence-corrected chi connectivity index (χ4v) is 4.35. The molecule has 3 rings (SSSR count). The van der Waals surface area contributed by atoms with E-state index in [0.29, 0.717) is 18.9 Å². The molecule has 3 heterocycles. The van der Waals surface area contributed by atoms with E-state index in [4.69, 9.17) is 9.72 Å². The van der Waals surface area contributed by atoms with Crippen LogP contribution in [0.3, 0.4) is 0 Å². The Morgan fingerprint density at radius 3 is 2.66 bits per heavy atom. The van der Waals surface area contributed by atoms with Gasteiger partial charge in [-0.25, -0.2) is 22.9 Å². The van der Waals surface area contributed by atoms with Gasteiger partial charge in [-0.2, -0.15) is 0 Å². The number of hydrogen-bond donors (Lipinski definition) is 3. The Balaban J connectivity index is 1.56. The number of methoxy groups -OCH3 is 1. The number of rotatable bonds is 15. The van der Waals surface area contributed by atoms with E-state index in [9.17, 15) is 27.9 Å². The number of carbonyl (C=O) groups excluding carboxylic acids is 1. The van der Waals surface area contributed by atoms with Gasteiger partial charge in [0.2, 0.25) is 0 Å². The number of halogens is 3. The summed E-state index contributed by atoms with van der Waals surface area (Å²) in [5.74, 6) is -3.98. The lowest BCUT2D eigenvalue weighted by Gasteiger charge is -2.27. The van der Waals surface area contributed by atoms with Gasteiger partial charge in [0.25, 0.3) is 5.91 Å². The van der Waals surface area contributed by atoms with Gasteiger partial charge < -0.3 is 25.4 Å². The number of nitrogens with zero attached hydrogens (tertiary/aromatic N) is 3. The minimum atomic E-state index is -1.41. The SMILES string of the molecule is CO[C@H](CF)CN(CCCCc1ccc2c(n1)NCCC2)CC[C@H](NC(=O)c1c(F)cncc1F)C(=O)O. The Morgan fingerprint density at radius 1 is 1.21 bits per heavy atom. The summed E-state index contributed by atoms with van der Waals surface area (Å²) in [7, 11) is 1.40. The van der Waals surface area contributed by atoms with Gasteiger partial charge in [-0.15, -0.1) is 0 Å². The van der Waals surface area contributed by atoms with Crippen molar-refractivity contribution in [3.8, 4) is 0 Å². The number of aliphatic carboxylic acids is 1. The fourth-order valence-electron chi connectivity index (χ4n) is 4.35. The normalized spacial score (nSPS) is 14.4. The first-order chi connectivity index (χ1) is 18.3. The third kappa shape index (κ3) is 8.38. The molecule has 0 saturated heterocycles. The Bertz CT molecular complexity index is 1070. The highest BCUT2D eigenvalue weighted by molar-refractivity contribution is 5.96. The van der Waals surface area contributed by atoms with Crippen molar-refractivity contribution >= 4 is 17.7 Å². The number of fused-ring (bicyclic) bond motifs is 1. The summed E-state index contributed by atoms with van der Waals surface area (Å²) in [5, 5.41) is 15.1. The molecule has 2 atom stereocenters. The maximum Gasteiger partial charge on any atom is 0.326 e. The first-order valence-corrected chi connectivity index (χ1v) is 12.7. The van der Waals surface area contributed by atoms with E-state index in [0.717, 1.165) is 50.2 Å². The van der Waals surface area contributed by atoms with Crippen molar-refractivity contribution < 1.29 is 32.6 Å². The van der Waals surface area contributed by atoms with Crippen LogP contribution in [0.4, 0.5) is 19.0 Å². The van der Waals surface area contributed by atoms with E-state index in [1.54, 1.807) is 0 Å². The molecule has 0 bridgehead atoms. The number of aryl methyl sites for hydroxylation is 2. The Kier molecular flexibility index (Phi) is 11.3. The van der Waals surface area contributed by atoms with Gasteiger partial charge in [0, 0.05) is 32.4 Å². The second-order valence-electron chi connectivity index (χ2n) is 9.24. The van der Waals surface area contributed by atoms with Crippen LogP contribution in [-0.2, 0) is 22.4 Å². The van der Waals surface area contributed by atoms with E-state index in [1.165, 1.54) is 12.7 Å². The summed E-state index contributed by atoms with van der Waals surface area (Å²) in [4.78, 5) is 34.0. The molecule has 0 aliphatic carbocycles. The monoisotopic (exact) mass is 537 g/mol. The van der Waals surface area contributed by atoms with Crippen molar-refractivity contribution in [2.45, 2.75) is 50.7 Å². The topological polar surface area (TPSA) is 117 Å². The van der Waals surface area contributed by atoms with Crippen LogP contribution in [0.2, 0.25) is 0 Å². The lowest BCUT2D eigenvalue weighted by molar-refractivity contribution is -0.139. The number of aromatic nitrogens is 2. The molecule has 0 aromatic carbocycles. The quantitative estimate of drug-likeness (QED) is 0.297. The van der Waals surface area contributed by atoms with Crippen LogP contribution in [-0.4, -0.2) is 84.0 Å². The number of carboxylic acids is 1. The maximum atomic E-state index is 13.9. The second-order valence-corrected chi connectivity index (χ2v) is 9.24. The van der Waals surface area contributed by atoms with Gasteiger partial charge in [0.05, 0.1) is 18.5 Å². The first kappa shape index (κ1) is 29.3. The number of carbonyl (C=O) groups is 2. The number of amides is 1. The zero-order chi connectivity index (χ0) is 27.5. The molecule has 2 aromatic heterocycles. The van der Waals surface area contributed by atoms with E-state index < -0.39 is 47.9 Å². The molecule has 0 unspecified atom stereocenters. The summed E-state index contributed by atoms with van der Waals surface area (Å²) in [6, 6.07) is 2.72. The van der Waals surface area contributed by atoms with Crippen molar-refractivity contribution in [2.24, 2.45) is 0 Å². The highest BCUT2D eigenvalue weighted by Gasteiger charge is 2.26. The first-order valence-electron chi connectivity index (χ1n) is 12.7. The summed E-state index contributed by atoms with van der Waals surface area (Å²) in [6.07, 6.45) is 5.02. The van der Waals surface area contributed by atoms with Crippen LogP contribution in [0.5, 0.6) is 0 Å².